The van der Waals surface area contributed by atoms with Crippen molar-refractivity contribution in [1.82, 2.24) is 10.2 Å². The monoisotopic (exact) mass is 263 g/mol. The second-order valence-electron chi connectivity index (χ2n) is 5.00. The standard InChI is InChI=1S/C13H21N5O/c1-9-10(2)15-16-13(11(9)12(14)17-19)18-7-5-3-4-6-8-18/h19H,3-8H2,1-2H3,(H2,14,17). The molecule has 2 heterocycles. The zero-order chi connectivity index (χ0) is 13.8. The molecule has 6 nitrogen and oxygen atoms in total. The van der Waals surface area contributed by atoms with Gasteiger partial charge in [0, 0.05) is 13.1 Å². The minimum absolute atomic E-state index is 0.106. The number of rotatable bonds is 2. The van der Waals surface area contributed by atoms with E-state index in [0.29, 0.717) is 5.56 Å². The Morgan fingerprint density at radius 1 is 1.16 bits per heavy atom. The third-order valence-electron chi connectivity index (χ3n) is 3.71. The summed E-state index contributed by atoms with van der Waals surface area (Å²) in [6, 6.07) is 0. The first kappa shape index (κ1) is 13.6. The lowest BCUT2D eigenvalue weighted by Gasteiger charge is -2.24. The summed E-state index contributed by atoms with van der Waals surface area (Å²) in [5.74, 6) is 0.843. The molecule has 0 aromatic carbocycles. The van der Waals surface area contributed by atoms with Gasteiger partial charge in [-0.15, -0.1) is 5.10 Å². The van der Waals surface area contributed by atoms with Gasteiger partial charge in [0.15, 0.2) is 11.7 Å². The third kappa shape index (κ3) is 2.77. The van der Waals surface area contributed by atoms with Crippen molar-refractivity contribution in [3.63, 3.8) is 0 Å². The summed E-state index contributed by atoms with van der Waals surface area (Å²) in [7, 11) is 0. The van der Waals surface area contributed by atoms with Crippen LogP contribution in [-0.2, 0) is 0 Å². The Labute approximate surface area is 113 Å². The molecule has 19 heavy (non-hydrogen) atoms. The highest BCUT2D eigenvalue weighted by Gasteiger charge is 2.21. The molecule has 1 saturated heterocycles. The second-order valence-corrected chi connectivity index (χ2v) is 5.00. The molecular weight excluding hydrogens is 242 g/mol. The number of nitrogens with two attached hydrogens (primary N) is 1. The minimum Gasteiger partial charge on any atom is -0.409 e. The molecule has 6 heteroatoms. The molecule has 1 aromatic rings. The van der Waals surface area contributed by atoms with Crippen molar-refractivity contribution < 1.29 is 5.21 Å². The first-order chi connectivity index (χ1) is 9.15. The topological polar surface area (TPSA) is 87.6 Å². The Kier molecular flexibility index (Phi) is 4.19. The van der Waals surface area contributed by atoms with E-state index in [1.165, 1.54) is 12.8 Å². The summed E-state index contributed by atoms with van der Waals surface area (Å²) < 4.78 is 0. The van der Waals surface area contributed by atoms with E-state index >= 15 is 0 Å². The molecule has 0 unspecified atom stereocenters. The fourth-order valence-electron chi connectivity index (χ4n) is 2.46. The van der Waals surface area contributed by atoms with E-state index in [1.54, 1.807) is 0 Å². The zero-order valence-electron chi connectivity index (χ0n) is 11.6. The maximum Gasteiger partial charge on any atom is 0.174 e. The molecule has 0 spiro atoms. The van der Waals surface area contributed by atoms with E-state index < -0.39 is 0 Å². The van der Waals surface area contributed by atoms with Crippen LogP contribution >= 0.6 is 0 Å². The summed E-state index contributed by atoms with van der Waals surface area (Å²) >= 11 is 0. The van der Waals surface area contributed by atoms with Crippen LogP contribution in [0.1, 0.15) is 42.5 Å². The molecule has 1 aliphatic rings. The Bertz CT molecular complexity index is 478. The largest absolute Gasteiger partial charge is 0.409 e. The molecule has 1 fully saturated rings. The lowest BCUT2D eigenvalue weighted by Crippen LogP contribution is -2.30. The molecule has 1 aromatic heterocycles. The van der Waals surface area contributed by atoms with Crippen LogP contribution in [-0.4, -0.2) is 34.3 Å². The smallest absolute Gasteiger partial charge is 0.174 e. The average Bonchev–Trinajstić information content (AvgIpc) is 2.69. The first-order valence-corrected chi connectivity index (χ1v) is 6.72. The molecule has 0 atom stereocenters. The van der Waals surface area contributed by atoms with E-state index in [2.05, 4.69) is 20.3 Å². The molecular formula is C13H21N5O. The van der Waals surface area contributed by atoms with Crippen LogP contribution in [0.3, 0.4) is 0 Å². The van der Waals surface area contributed by atoms with E-state index in [0.717, 1.165) is 43.0 Å². The molecule has 0 bridgehead atoms. The van der Waals surface area contributed by atoms with E-state index in [4.69, 9.17) is 10.9 Å². The fraction of sp³-hybridized carbons (Fsp3) is 0.615. The van der Waals surface area contributed by atoms with Gasteiger partial charge < -0.3 is 15.8 Å². The number of hydrogen-bond donors (Lipinski definition) is 2. The predicted molar refractivity (Wildman–Crippen MR) is 74.7 cm³/mol. The fourth-order valence-corrected chi connectivity index (χ4v) is 2.46. The van der Waals surface area contributed by atoms with Gasteiger partial charge in [0.25, 0.3) is 0 Å². The minimum atomic E-state index is 0.106. The summed E-state index contributed by atoms with van der Waals surface area (Å²) in [5, 5.41) is 20.6. The van der Waals surface area contributed by atoms with Gasteiger partial charge in [-0.25, -0.2) is 0 Å². The number of hydrogen-bond acceptors (Lipinski definition) is 5. The van der Waals surface area contributed by atoms with Gasteiger partial charge in [0.1, 0.15) is 0 Å². The Morgan fingerprint density at radius 2 is 1.79 bits per heavy atom. The van der Waals surface area contributed by atoms with Crippen molar-refractivity contribution in [3.05, 3.63) is 16.8 Å². The summed E-state index contributed by atoms with van der Waals surface area (Å²) in [6.07, 6.45) is 4.77. The normalized spacial score (nSPS) is 17.4. The van der Waals surface area contributed by atoms with Gasteiger partial charge in [-0.1, -0.05) is 18.0 Å². The Balaban J connectivity index is 2.46. The van der Waals surface area contributed by atoms with Crippen LogP contribution < -0.4 is 10.6 Å². The lowest BCUT2D eigenvalue weighted by molar-refractivity contribution is 0.318. The highest BCUT2D eigenvalue weighted by molar-refractivity contribution is 6.02. The van der Waals surface area contributed by atoms with Crippen molar-refractivity contribution in [2.75, 3.05) is 18.0 Å². The van der Waals surface area contributed by atoms with Crippen LogP contribution in [0.15, 0.2) is 5.16 Å². The first-order valence-electron chi connectivity index (χ1n) is 6.72. The molecule has 1 aliphatic heterocycles. The van der Waals surface area contributed by atoms with Gasteiger partial charge in [-0.3, -0.25) is 0 Å². The number of anilines is 1. The van der Waals surface area contributed by atoms with Crippen LogP contribution in [0.25, 0.3) is 0 Å². The average molecular weight is 263 g/mol. The number of amidine groups is 1. The van der Waals surface area contributed by atoms with E-state index in [1.807, 2.05) is 13.8 Å². The van der Waals surface area contributed by atoms with Crippen LogP contribution in [0.5, 0.6) is 0 Å². The van der Waals surface area contributed by atoms with Crippen LogP contribution in [0.4, 0.5) is 5.82 Å². The number of oxime groups is 1. The Morgan fingerprint density at radius 3 is 2.37 bits per heavy atom. The van der Waals surface area contributed by atoms with Gasteiger partial charge in [-0.2, -0.15) is 5.10 Å². The maximum absolute atomic E-state index is 8.98. The molecule has 0 radical (unpaired) electrons. The molecule has 2 rings (SSSR count). The van der Waals surface area contributed by atoms with Crippen LogP contribution in [0, 0.1) is 13.8 Å². The SMILES string of the molecule is Cc1nnc(N2CCCCCC2)c(/C(N)=N/O)c1C. The lowest BCUT2D eigenvalue weighted by atomic mass is 10.1. The Hall–Kier alpha value is -1.85. The second kappa shape index (κ2) is 5.86. The zero-order valence-corrected chi connectivity index (χ0v) is 11.6. The van der Waals surface area contributed by atoms with Crippen LogP contribution in [0.2, 0.25) is 0 Å². The number of aryl methyl sites for hydroxylation is 1. The van der Waals surface area contributed by atoms with Crippen molar-refractivity contribution in [3.8, 4) is 0 Å². The van der Waals surface area contributed by atoms with Crippen molar-refractivity contribution in [2.24, 2.45) is 10.9 Å². The maximum atomic E-state index is 8.98. The van der Waals surface area contributed by atoms with Crippen molar-refractivity contribution in [2.45, 2.75) is 39.5 Å². The van der Waals surface area contributed by atoms with Gasteiger partial charge in [0.2, 0.25) is 0 Å². The highest BCUT2D eigenvalue weighted by atomic mass is 16.4. The quantitative estimate of drug-likeness (QED) is 0.366. The van der Waals surface area contributed by atoms with E-state index in [9.17, 15) is 0 Å². The molecule has 3 N–H and O–H groups in total. The van der Waals surface area contributed by atoms with Gasteiger partial charge >= 0.3 is 0 Å². The van der Waals surface area contributed by atoms with E-state index in [-0.39, 0.29) is 5.84 Å². The highest BCUT2D eigenvalue weighted by Crippen LogP contribution is 2.24. The summed E-state index contributed by atoms with van der Waals surface area (Å²) in [4.78, 5) is 2.19. The molecule has 104 valence electrons. The van der Waals surface area contributed by atoms with Gasteiger partial charge in [0.05, 0.1) is 11.3 Å². The van der Waals surface area contributed by atoms with Gasteiger partial charge in [-0.05, 0) is 32.3 Å². The number of aromatic nitrogens is 2. The predicted octanol–water partition coefficient (Wildman–Crippen LogP) is 1.57. The van der Waals surface area contributed by atoms with Crippen molar-refractivity contribution in [1.29, 1.82) is 0 Å². The molecule has 0 aliphatic carbocycles. The van der Waals surface area contributed by atoms with Crippen molar-refractivity contribution >= 4 is 11.7 Å². The summed E-state index contributed by atoms with van der Waals surface area (Å²) in [5.41, 5.74) is 8.25. The number of nitrogens with zero attached hydrogens (tertiary/aromatic N) is 4. The third-order valence-corrected chi connectivity index (χ3v) is 3.71. The molecule has 0 amide bonds. The summed E-state index contributed by atoms with van der Waals surface area (Å²) in [6.45, 7) is 5.70. The molecule has 0 saturated carbocycles.